The first-order valence-corrected chi connectivity index (χ1v) is 7.23. The smallest absolute Gasteiger partial charge is 0.122 e. The van der Waals surface area contributed by atoms with Gasteiger partial charge in [0.05, 0.1) is 6.61 Å². The first-order valence-electron chi connectivity index (χ1n) is 7.23. The molecule has 19 heavy (non-hydrogen) atoms. The highest BCUT2D eigenvalue weighted by Crippen LogP contribution is 2.29. The lowest BCUT2D eigenvalue weighted by Crippen LogP contribution is -2.33. The molecule has 1 aromatic rings. The van der Waals surface area contributed by atoms with Crippen LogP contribution in [0.25, 0.3) is 0 Å². The number of hydrogen-bond donors (Lipinski definition) is 1. The molecule has 1 aliphatic rings. The van der Waals surface area contributed by atoms with Gasteiger partial charge in [-0.25, -0.2) is 0 Å². The van der Waals surface area contributed by atoms with E-state index in [2.05, 4.69) is 43.4 Å². The lowest BCUT2D eigenvalue weighted by atomic mass is 9.97. The van der Waals surface area contributed by atoms with E-state index in [0.717, 1.165) is 25.3 Å². The fraction of sp³-hybridized carbons (Fsp3) is 0.625. The second-order valence-electron chi connectivity index (χ2n) is 5.37. The lowest BCUT2D eigenvalue weighted by Gasteiger charge is -2.24. The Hall–Kier alpha value is -0.730. The van der Waals surface area contributed by atoms with E-state index in [1.165, 1.54) is 24.9 Å². The molecule has 0 bridgehead atoms. The van der Waals surface area contributed by atoms with Gasteiger partial charge in [0, 0.05) is 12.5 Å². The maximum absolute atomic E-state index is 6.06. The van der Waals surface area contributed by atoms with Crippen molar-refractivity contribution < 1.29 is 4.74 Å². The number of piperidine rings is 1. The summed E-state index contributed by atoms with van der Waals surface area (Å²) in [5.74, 6) is 2.33. The van der Waals surface area contributed by atoms with Crippen molar-refractivity contribution in [3.63, 3.8) is 0 Å². The van der Waals surface area contributed by atoms with E-state index in [4.69, 9.17) is 4.74 Å². The average molecular weight is 284 g/mol. The second kappa shape index (κ2) is 8.44. The summed E-state index contributed by atoms with van der Waals surface area (Å²) in [7, 11) is 0. The molecule has 0 saturated carbocycles. The monoisotopic (exact) mass is 283 g/mol. The number of hydrogen-bond acceptors (Lipinski definition) is 2. The van der Waals surface area contributed by atoms with Crippen LogP contribution in [0.3, 0.4) is 0 Å². The molecule has 0 aromatic heterocycles. The third kappa shape index (κ3) is 4.70. The molecule has 0 amide bonds. The summed E-state index contributed by atoms with van der Waals surface area (Å²) < 4.78 is 6.06. The van der Waals surface area contributed by atoms with Crippen LogP contribution < -0.4 is 10.1 Å². The molecule has 2 nitrogen and oxygen atoms in total. The van der Waals surface area contributed by atoms with Crippen molar-refractivity contribution in [3.05, 3.63) is 29.8 Å². The highest BCUT2D eigenvalue weighted by Gasteiger charge is 2.15. The van der Waals surface area contributed by atoms with Crippen molar-refractivity contribution in [3.8, 4) is 5.75 Å². The molecule has 2 unspecified atom stereocenters. The van der Waals surface area contributed by atoms with E-state index in [1.807, 2.05) is 0 Å². The van der Waals surface area contributed by atoms with Gasteiger partial charge >= 0.3 is 0 Å². The van der Waals surface area contributed by atoms with Crippen LogP contribution in [0.2, 0.25) is 0 Å². The van der Waals surface area contributed by atoms with Crippen LogP contribution in [0.5, 0.6) is 5.75 Å². The Morgan fingerprint density at radius 2 is 2.16 bits per heavy atom. The molecule has 1 aromatic carbocycles. The fourth-order valence-corrected chi connectivity index (χ4v) is 2.51. The minimum atomic E-state index is 0. The van der Waals surface area contributed by atoms with Crippen molar-refractivity contribution in [2.45, 2.75) is 39.0 Å². The molecular weight excluding hydrogens is 258 g/mol. The summed E-state index contributed by atoms with van der Waals surface area (Å²) in [6.07, 6.45) is 3.73. The van der Waals surface area contributed by atoms with E-state index >= 15 is 0 Å². The van der Waals surface area contributed by atoms with Crippen molar-refractivity contribution in [1.82, 2.24) is 5.32 Å². The summed E-state index contributed by atoms with van der Waals surface area (Å²) >= 11 is 0. The quantitative estimate of drug-likeness (QED) is 0.882. The van der Waals surface area contributed by atoms with E-state index in [0.29, 0.717) is 11.8 Å². The molecule has 2 rings (SSSR count). The van der Waals surface area contributed by atoms with Gasteiger partial charge in [-0.15, -0.1) is 12.4 Å². The zero-order valence-corrected chi connectivity index (χ0v) is 12.8. The average Bonchev–Trinajstić information content (AvgIpc) is 2.45. The van der Waals surface area contributed by atoms with E-state index in [-0.39, 0.29) is 12.4 Å². The third-order valence-electron chi connectivity index (χ3n) is 3.94. The van der Waals surface area contributed by atoms with Crippen LogP contribution in [-0.2, 0) is 0 Å². The van der Waals surface area contributed by atoms with Gasteiger partial charge in [-0.3, -0.25) is 0 Å². The minimum absolute atomic E-state index is 0. The third-order valence-corrected chi connectivity index (χ3v) is 3.94. The zero-order valence-electron chi connectivity index (χ0n) is 12.0. The first-order chi connectivity index (χ1) is 8.81. The summed E-state index contributed by atoms with van der Waals surface area (Å²) in [6.45, 7) is 7.61. The van der Waals surface area contributed by atoms with Crippen LogP contribution in [0.1, 0.15) is 44.6 Å². The standard InChI is InChI=1S/C16H25NO.ClH/c1-3-13(2)15-8-4-5-9-16(15)18-12-14-7-6-10-17-11-14;/h4-5,8-9,13-14,17H,3,6-7,10-12H2,1-2H3;1H. The Balaban J connectivity index is 0.00000180. The number of nitrogens with one attached hydrogen (secondary N) is 1. The number of halogens is 1. The van der Waals surface area contributed by atoms with Gasteiger partial charge in [0.25, 0.3) is 0 Å². The van der Waals surface area contributed by atoms with Crippen LogP contribution >= 0.6 is 12.4 Å². The van der Waals surface area contributed by atoms with Crippen LogP contribution in [0.15, 0.2) is 24.3 Å². The molecular formula is C16H26ClNO. The van der Waals surface area contributed by atoms with Crippen molar-refractivity contribution in [1.29, 1.82) is 0 Å². The van der Waals surface area contributed by atoms with Crippen molar-refractivity contribution in [2.24, 2.45) is 5.92 Å². The first kappa shape index (κ1) is 16.3. The van der Waals surface area contributed by atoms with Gasteiger partial charge in [0.2, 0.25) is 0 Å². The normalized spacial score (nSPS) is 20.4. The van der Waals surface area contributed by atoms with Crippen molar-refractivity contribution in [2.75, 3.05) is 19.7 Å². The van der Waals surface area contributed by atoms with Gasteiger partial charge < -0.3 is 10.1 Å². The molecule has 108 valence electrons. The number of ether oxygens (including phenoxy) is 1. The molecule has 0 spiro atoms. The number of rotatable bonds is 5. The second-order valence-corrected chi connectivity index (χ2v) is 5.37. The highest BCUT2D eigenvalue weighted by molar-refractivity contribution is 5.85. The summed E-state index contributed by atoms with van der Waals surface area (Å²) in [6, 6.07) is 8.48. The Morgan fingerprint density at radius 1 is 1.37 bits per heavy atom. The zero-order chi connectivity index (χ0) is 12.8. The van der Waals surface area contributed by atoms with Gasteiger partial charge in [-0.1, -0.05) is 32.0 Å². The van der Waals surface area contributed by atoms with Gasteiger partial charge in [-0.2, -0.15) is 0 Å². The highest BCUT2D eigenvalue weighted by atomic mass is 35.5. The molecule has 1 saturated heterocycles. The fourth-order valence-electron chi connectivity index (χ4n) is 2.51. The van der Waals surface area contributed by atoms with E-state index in [9.17, 15) is 0 Å². The topological polar surface area (TPSA) is 21.3 Å². The summed E-state index contributed by atoms with van der Waals surface area (Å²) in [4.78, 5) is 0. The maximum Gasteiger partial charge on any atom is 0.122 e. The summed E-state index contributed by atoms with van der Waals surface area (Å²) in [5, 5.41) is 3.44. The lowest BCUT2D eigenvalue weighted by molar-refractivity contribution is 0.216. The molecule has 1 fully saturated rings. The maximum atomic E-state index is 6.06. The Morgan fingerprint density at radius 3 is 2.84 bits per heavy atom. The number of para-hydroxylation sites is 1. The summed E-state index contributed by atoms with van der Waals surface area (Å²) in [5.41, 5.74) is 1.35. The molecule has 1 N–H and O–H groups in total. The molecule has 0 aliphatic carbocycles. The van der Waals surface area contributed by atoms with Crippen LogP contribution in [-0.4, -0.2) is 19.7 Å². The minimum Gasteiger partial charge on any atom is -0.493 e. The molecule has 3 heteroatoms. The molecule has 1 aliphatic heterocycles. The molecule has 1 heterocycles. The van der Waals surface area contributed by atoms with Crippen LogP contribution in [0, 0.1) is 5.92 Å². The van der Waals surface area contributed by atoms with Crippen molar-refractivity contribution >= 4 is 12.4 Å². The Labute approximate surface area is 123 Å². The molecule has 2 atom stereocenters. The Kier molecular flexibility index (Phi) is 7.25. The number of benzene rings is 1. The molecule has 0 radical (unpaired) electrons. The van der Waals surface area contributed by atoms with Gasteiger partial charge in [0.15, 0.2) is 0 Å². The Bertz CT molecular complexity index is 364. The van der Waals surface area contributed by atoms with E-state index < -0.39 is 0 Å². The van der Waals surface area contributed by atoms with E-state index in [1.54, 1.807) is 0 Å². The predicted molar refractivity (Wildman–Crippen MR) is 83.5 cm³/mol. The largest absolute Gasteiger partial charge is 0.493 e. The van der Waals surface area contributed by atoms with Gasteiger partial charge in [-0.05, 0) is 43.4 Å². The SMILES string of the molecule is CCC(C)c1ccccc1OCC1CCCNC1.Cl. The predicted octanol–water partition coefficient (Wildman–Crippen LogP) is 4.00. The van der Waals surface area contributed by atoms with Crippen LogP contribution in [0.4, 0.5) is 0 Å². The van der Waals surface area contributed by atoms with Gasteiger partial charge in [0.1, 0.15) is 5.75 Å².